The number of benzene rings is 1. The van der Waals surface area contributed by atoms with Crippen LogP contribution in [0.5, 0.6) is 11.5 Å². The number of nitrogens with zero attached hydrogens (tertiary/aromatic N) is 1. The first-order valence-corrected chi connectivity index (χ1v) is 6.68. The van der Waals surface area contributed by atoms with Crippen molar-refractivity contribution in [1.82, 2.24) is 5.32 Å². The van der Waals surface area contributed by atoms with Gasteiger partial charge < -0.3 is 15.2 Å². The summed E-state index contributed by atoms with van der Waals surface area (Å²) in [6, 6.07) is 8.13. The minimum absolute atomic E-state index is 0.112. The average Bonchev–Trinajstić information content (AvgIpc) is 2.86. The Morgan fingerprint density at radius 2 is 2.26 bits per heavy atom. The number of nitrogens with one attached hydrogen (secondary N) is 1. The second-order valence-electron chi connectivity index (χ2n) is 5.09. The molecule has 0 spiro atoms. The number of phenols is 1. The summed E-state index contributed by atoms with van der Waals surface area (Å²) < 4.78 is 5.12. The van der Waals surface area contributed by atoms with E-state index in [2.05, 4.69) is 18.3 Å². The van der Waals surface area contributed by atoms with Gasteiger partial charge in [-0.2, -0.15) is 5.26 Å². The number of ether oxygens (including phenoxy) is 1. The van der Waals surface area contributed by atoms with Crippen molar-refractivity contribution >= 4 is 0 Å². The van der Waals surface area contributed by atoms with E-state index in [0.717, 1.165) is 24.8 Å². The monoisotopic (exact) mass is 260 g/mol. The lowest BCUT2D eigenvalue weighted by molar-refractivity contribution is 0.370. The molecule has 19 heavy (non-hydrogen) atoms. The van der Waals surface area contributed by atoms with E-state index in [1.54, 1.807) is 13.2 Å². The number of methoxy groups -OCH3 is 1. The van der Waals surface area contributed by atoms with Gasteiger partial charge in [0.2, 0.25) is 0 Å². The fourth-order valence-electron chi connectivity index (χ4n) is 2.69. The van der Waals surface area contributed by atoms with Gasteiger partial charge in [0.25, 0.3) is 0 Å². The third-order valence-electron chi connectivity index (χ3n) is 3.85. The van der Waals surface area contributed by atoms with Gasteiger partial charge in [0.15, 0.2) is 11.5 Å². The summed E-state index contributed by atoms with van der Waals surface area (Å²) in [7, 11) is 1.54. The Morgan fingerprint density at radius 1 is 1.47 bits per heavy atom. The minimum atomic E-state index is 0.112. The Bertz CT molecular complexity index is 482. The molecule has 3 atom stereocenters. The molecule has 0 aliphatic heterocycles. The molecule has 0 heterocycles. The lowest BCUT2D eigenvalue weighted by atomic mass is 10.0. The first-order valence-electron chi connectivity index (χ1n) is 6.68. The van der Waals surface area contributed by atoms with Crippen LogP contribution in [0.4, 0.5) is 0 Å². The van der Waals surface area contributed by atoms with Crippen molar-refractivity contribution in [2.45, 2.75) is 38.3 Å². The van der Waals surface area contributed by atoms with Crippen LogP contribution in [0.25, 0.3) is 0 Å². The van der Waals surface area contributed by atoms with E-state index in [9.17, 15) is 5.11 Å². The van der Waals surface area contributed by atoms with Gasteiger partial charge in [-0.3, -0.25) is 0 Å². The van der Waals surface area contributed by atoms with Crippen molar-refractivity contribution in [3.05, 3.63) is 23.8 Å². The zero-order valence-electron chi connectivity index (χ0n) is 11.4. The molecular formula is C15H20N2O2. The third-order valence-corrected chi connectivity index (χ3v) is 3.85. The molecule has 1 fully saturated rings. The van der Waals surface area contributed by atoms with Gasteiger partial charge in [-0.05, 0) is 37.5 Å². The summed E-state index contributed by atoms with van der Waals surface area (Å²) in [6.45, 7) is 2.07. The topological polar surface area (TPSA) is 65.3 Å². The highest BCUT2D eigenvalue weighted by Crippen LogP contribution is 2.31. The van der Waals surface area contributed by atoms with Crippen molar-refractivity contribution in [3.8, 4) is 17.6 Å². The molecule has 1 saturated carbocycles. The highest BCUT2D eigenvalue weighted by Gasteiger charge is 2.28. The maximum Gasteiger partial charge on any atom is 0.160 e. The number of rotatable bonds is 4. The molecule has 1 aromatic rings. The third kappa shape index (κ3) is 2.99. The Kier molecular flexibility index (Phi) is 4.28. The minimum Gasteiger partial charge on any atom is -0.504 e. The van der Waals surface area contributed by atoms with Crippen LogP contribution in [0.3, 0.4) is 0 Å². The second kappa shape index (κ2) is 5.94. The summed E-state index contributed by atoms with van der Waals surface area (Å²) in [6.07, 6.45) is 3.15. The van der Waals surface area contributed by atoms with Crippen LogP contribution in [-0.4, -0.2) is 18.3 Å². The molecule has 0 amide bonds. The van der Waals surface area contributed by atoms with E-state index >= 15 is 0 Å². The van der Waals surface area contributed by atoms with E-state index in [1.165, 1.54) is 0 Å². The molecule has 1 aliphatic rings. The molecule has 4 heteroatoms. The normalized spacial score (nSPS) is 23.8. The van der Waals surface area contributed by atoms with E-state index in [1.807, 2.05) is 12.1 Å². The van der Waals surface area contributed by atoms with Crippen LogP contribution in [0.1, 0.15) is 37.8 Å². The molecule has 0 bridgehead atoms. The maximum absolute atomic E-state index is 9.59. The number of hydrogen-bond donors (Lipinski definition) is 2. The van der Waals surface area contributed by atoms with Gasteiger partial charge in [-0.15, -0.1) is 0 Å². The first kappa shape index (κ1) is 13.7. The van der Waals surface area contributed by atoms with Gasteiger partial charge in [-0.25, -0.2) is 0 Å². The van der Waals surface area contributed by atoms with Crippen LogP contribution in [0, 0.1) is 17.2 Å². The van der Waals surface area contributed by atoms with Crippen molar-refractivity contribution < 1.29 is 9.84 Å². The standard InChI is InChI=1S/C15H20N2O2/c1-10(17-13-5-3-4-12(13)9-16)11-6-7-14(18)15(8-11)19-2/h6-8,10,12-13,17-18H,3-5H2,1-2H3. The van der Waals surface area contributed by atoms with Crippen LogP contribution in [0.2, 0.25) is 0 Å². The van der Waals surface area contributed by atoms with Gasteiger partial charge in [0, 0.05) is 12.1 Å². The predicted octanol–water partition coefficient (Wildman–Crippen LogP) is 2.74. The lowest BCUT2D eigenvalue weighted by Gasteiger charge is -2.22. The summed E-state index contributed by atoms with van der Waals surface area (Å²) in [5, 5.41) is 22.2. The van der Waals surface area contributed by atoms with Gasteiger partial charge in [0.1, 0.15) is 0 Å². The summed E-state index contributed by atoms with van der Waals surface area (Å²) >= 11 is 0. The maximum atomic E-state index is 9.59. The van der Waals surface area contributed by atoms with Gasteiger partial charge in [-0.1, -0.05) is 12.5 Å². The second-order valence-corrected chi connectivity index (χ2v) is 5.09. The van der Waals surface area contributed by atoms with Gasteiger partial charge in [0.05, 0.1) is 19.1 Å². The quantitative estimate of drug-likeness (QED) is 0.873. The fourth-order valence-corrected chi connectivity index (χ4v) is 2.69. The molecule has 3 unspecified atom stereocenters. The average molecular weight is 260 g/mol. The smallest absolute Gasteiger partial charge is 0.160 e. The summed E-state index contributed by atoms with van der Waals surface area (Å²) in [4.78, 5) is 0. The molecule has 2 N–H and O–H groups in total. The molecule has 4 nitrogen and oxygen atoms in total. The van der Waals surface area contributed by atoms with Gasteiger partial charge >= 0.3 is 0 Å². The van der Waals surface area contributed by atoms with E-state index in [4.69, 9.17) is 10.00 Å². The van der Waals surface area contributed by atoms with E-state index < -0.39 is 0 Å². The molecule has 0 aromatic heterocycles. The predicted molar refractivity (Wildman–Crippen MR) is 73.0 cm³/mol. The van der Waals surface area contributed by atoms with Crippen molar-refractivity contribution in [1.29, 1.82) is 5.26 Å². The Hall–Kier alpha value is -1.73. The number of phenolic OH excluding ortho intramolecular Hbond substituents is 1. The first-order chi connectivity index (χ1) is 9.15. The number of aromatic hydroxyl groups is 1. The molecule has 2 rings (SSSR count). The largest absolute Gasteiger partial charge is 0.504 e. The Balaban J connectivity index is 2.07. The number of hydrogen-bond acceptors (Lipinski definition) is 4. The lowest BCUT2D eigenvalue weighted by Crippen LogP contribution is -2.33. The SMILES string of the molecule is COc1cc(C(C)NC2CCCC2C#N)ccc1O. The fraction of sp³-hybridized carbons (Fsp3) is 0.533. The molecule has 0 radical (unpaired) electrons. The zero-order valence-corrected chi connectivity index (χ0v) is 11.4. The molecule has 0 saturated heterocycles. The molecular weight excluding hydrogens is 240 g/mol. The highest BCUT2D eigenvalue weighted by atomic mass is 16.5. The van der Waals surface area contributed by atoms with E-state index in [0.29, 0.717) is 5.75 Å². The van der Waals surface area contributed by atoms with Crippen LogP contribution >= 0.6 is 0 Å². The van der Waals surface area contributed by atoms with Crippen molar-refractivity contribution in [2.75, 3.05) is 7.11 Å². The molecule has 1 aromatic carbocycles. The van der Waals surface area contributed by atoms with Crippen molar-refractivity contribution in [3.63, 3.8) is 0 Å². The van der Waals surface area contributed by atoms with Crippen LogP contribution < -0.4 is 10.1 Å². The number of nitriles is 1. The molecule has 1 aliphatic carbocycles. The van der Waals surface area contributed by atoms with Crippen LogP contribution in [-0.2, 0) is 0 Å². The zero-order chi connectivity index (χ0) is 13.8. The Morgan fingerprint density at radius 3 is 2.95 bits per heavy atom. The highest BCUT2D eigenvalue weighted by molar-refractivity contribution is 5.42. The van der Waals surface area contributed by atoms with E-state index in [-0.39, 0.29) is 23.8 Å². The van der Waals surface area contributed by atoms with Crippen molar-refractivity contribution in [2.24, 2.45) is 5.92 Å². The summed E-state index contributed by atoms with van der Waals surface area (Å²) in [5.41, 5.74) is 1.05. The summed E-state index contributed by atoms with van der Waals surface area (Å²) in [5.74, 6) is 0.741. The molecule has 102 valence electrons. The Labute approximate surface area is 114 Å². The van der Waals surface area contributed by atoms with Crippen LogP contribution in [0.15, 0.2) is 18.2 Å².